The van der Waals surface area contributed by atoms with E-state index in [-0.39, 0.29) is 0 Å². The van der Waals surface area contributed by atoms with Crippen LogP contribution in [0.15, 0.2) is 42.6 Å². The highest BCUT2D eigenvalue weighted by molar-refractivity contribution is 5.21. The first-order valence-corrected chi connectivity index (χ1v) is 7.94. The summed E-state index contributed by atoms with van der Waals surface area (Å²) in [6.45, 7) is 9.75. The van der Waals surface area contributed by atoms with Gasteiger partial charge in [-0.3, -0.25) is 4.68 Å². The van der Waals surface area contributed by atoms with Gasteiger partial charge in [-0.15, -0.1) is 0 Å². The zero-order chi connectivity index (χ0) is 15.2. The average molecular weight is 285 g/mol. The molecule has 0 bridgehead atoms. The van der Waals surface area contributed by atoms with Gasteiger partial charge >= 0.3 is 0 Å². The average Bonchev–Trinajstić information content (AvgIpc) is 2.96. The Kier molecular flexibility index (Phi) is 5.57. The molecule has 0 amide bonds. The van der Waals surface area contributed by atoms with E-state index in [0.717, 1.165) is 18.7 Å². The van der Waals surface area contributed by atoms with Crippen LogP contribution >= 0.6 is 0 Å². The van der Waals surface area contributed by atoms with Crippen LogP contribution < -0.4 is 5.32 Å². The van der Waals surface area contributed by atoms with Crippen LogP contribution in [0, 0.1) is 0 Å². The van der Waals surface area contributed by atoms with Gasteiger partial charge in [-0.05, 0) is 37.9 Å². The van der Waals surface area contributed by atoms with Gasteiger partial charge in [0.2, 0.25) is 0 Å². The molecule has 21 heavy (non-hydrogen) atoms. The molecule has 0 saturated carbocycles. The topological polar surface area (TPSA) is 29.9 Å². The fourth-order valence-electron chi connectivity index (χ4n) is 2.68. The van der Waals surface area contributed by atoms with Crippen molar-refractivity contribution in [3.05, 3.63) is 53.9 Å². The Morgan fingerprint density at radius 1 is 1.10 bits per heavy atom. The van der Waals surface area contributed by atoms with Crippen LogP contribution in [0.3, 0.4) is 0 Å². The number of rotatable bonds is 7. The van der Waals surface area contributed by atoms with Crippen molar-refractivity contribution in [2.24, 2.45) is 0 Å². The summed E-state index contributed by atoms with van der Waals surface area (Å²) in [7, 11) is 0. The van der Waals surface area contributed by atoms with Crippen LogP contribution in [-0.2, 0) is 6.42 Å². The molecule has 2 atom stereocenters. The van der Waals surface area contributed by atoms with E-state index >= 15 is 0 Å². The maximum Gasteiger partial charge on any atom is 0.0640 e. The first-order chi connectivity index (χ1) is 10.1. The molecule has 0 aliphatic rings. The van der Waals surface area contributed by atoms with Gasteiger partial charge in [0.15, 0.2) is 0 Å². The number of nitrogens with one attached hydrogen (secondary N) is 1. The van der Waals surface area contributed by atoms with E-state index in [9.17, 15) is 0 Å². The minimum absolute atomic E-state index is 0.410. The van der Waals surface area contributed by atoms with Crippen molar-refractivity contribution in [3.63, 3.8) is 0 Å². The third-order valence-corrected chi connectivity index (χ3v) is 4.02. The molecule has 0 aliphatic carbocycles. The number of hydrogen-bond donors (Lipinski definition) is 1. The minimum atomic E-state index is 0.410. The first-order valence-electron chi connectivity index (χ1n) is 7.94. The highest BCUT2D eigenvalue weighted by atomic mass is 15.3. The molecule has 1 aromatic carbocycles. The van der Waals surface area contributed by atoms with E-state index in [2.05, 4.69) is 80.7 Å². The summed E-state index contributed by atoms with van der Waals surface area (Å²) >= 11 is 0. The molecule has 3 heteroatoms. The lowest BCUT2D eigenvalue weighted by Gasteiger charge is -2.24. The predicted octanol–water partition coefficient (Wildman–Crippen LogP) is 3.79. The van der Waals surface area contributed by atoms with Crippen LogP contribution in [0.4, 0.5) is 0 Å². The lowest BCUT2D eigenvalue weighted by Crippen LogP contribution is -2.35. The molecule has 1 aromatic heterocycles. The van der Waals surface area contributed by atoms with Gasteiger partial charge in [0.25, 0.3) is 0 Å². The van der Waals surface area contributed by atoms with Crippen molar-refractivity contribution >= 4 is 0 Å². The van der Waals surface area contributed by atoms with Crippen molar-refractivity contribution < 1.29 is 0 Å². The van der Waals surface area contributed by atoms with E-state index in [1.165, 1.54) is 5.56 Å². The highest BCUT2D eigenvalue weighted by Gasteiger charge is 2.19. The van der Waals surface area contributed by atoms with Gasteiger partial charge in [0.05, 0.1) is 5.69 Å². The maximum absolute atomic E-state index is 4.68. The van der Waals surface area contributed by atoms with Crippen molar-refractivity contribution in [1.29, 1.82) is 0 Å². The highest BCUT2D eigenvalue weighted by Crippen LogP contribution is 2.21. The van der Waals surface area contributed by atoms with Gasteiger partial charge < -0.3 is 5.32 Å². The van der Waals surface area contributed by atoms with Crippen molar-refractivity contribution in [1.82, 2.24) is 15.1 Å². The minimum Gasteiger partial charge on any atom is -0.313 e. The smallest absolute Gasteiger partial charge is 0.0640 e. The van der Waals surface area contributed by atoms with Gasteiger partial charge in [0, 0.05) is 24.7 Å². The van der Waals surface area contributed by atoms with Gasteiger partial charge in [-0.1, -0.05) is 44.2 Å². The summed E-state index contributed by atoms with van der Waals surface area (Å²) in [5.41, 5.74) is 2.55. The molecule has 2 aromatic rings. The number of benzene rings is 1. The molecule has 3 nitrogen and oxygen atoms in total. The molecule has 0 spiro atoms. The zero-order valence-corrected chi connectivity index (χ0v) is 13.6. The Morgan fingerprint density at radius 2 is 1.81 bits per heavy atom. The molecule has 1 heterocycles. The quantitative estimate of drug-likeness (QED) is 0.839. The monoisotopic (exact) mass is 285 g/mol. The standard InChI is InChI=1S/C18H27N3/c1-5-19-18(15(4)16-9-7-6-8-10-16)13-17-11-12-21(20-17)14(2)3/h6-12,14-15,18-19H,5,13H2,1-4H3. The molecule has 114 valence electrons. The van der Waals surface area contributed by atoms with Gasteiger partial charge in [0.1, 0.15) is 0 Å². The van der Waals surface area contributed by atoms with Crippen LogP contribution in [0.5, 0.6) is 0 Å². The Balaban J connectivity index is 2.11. The van der Waals surface area contributed by atoms with Crippen molar-refractivity contribution in [3.8, 4) is 0 Å². The lowest BCUT2D eigenvalue weighted by atomic mass is 9.90. The fraction of sp³-hybridized carbons (Fsp3) is 0.500. The summed E-state index contributed by atoms with van der Waals surface area (Å²) in [6.07, 6.45) is 3.04. The van der Waals surface area contributed by atoms with E-state index in [1.54, 1.807) is 0 Å². The van der Waals surface area contributed by atoms with Crippen LogP contribution in [0.2, 0.25) is 0 Å². The Bertz CT molecular complexity index is 530. The summed E-state index contributed by atoms with van der Waals surface area (Å²) < 4.78 is 2.03. The van der Waals surface area contributed by atoms with Gasteiger partial charge in [-0.25, -0.2) is 0 Å². The second kappa shape index (κ2) is 7.41. The van der Waals surface area contributed by atoms with Crippen molar-refractivity contribution in [2.45, 2.75) is 52.1 Å². The molecule has 0 radical (unpaired) electrons. The summed E-state index contributed by atoms with van der Waals surface area (Å²) in [6, 6.07) is 13.7. The third kappa shape index (κ3) is 4.18. The molecule has 1 N–H and O–H groups in total. The Morgan fingerprint density at radius 3 is 2.38 bits per heavy atom. The molecule has 0 saturated heterocycles. The molecule has 0 fully saturated rings. The Labute approximate surface area is 128 Å². The molecular formula is C18H27N3. The van der Waals surface area contributed by atoms with E-state index in [0.29, 0.717) is 18.0 Å². The number of aromatic nitrogens is 2. The maximum atomic E-state index is 4.68. The largest absolute Gasteiger partial charge is 0.313 e. The van der Waals surface area contributed by atoms with E-state index in [1.807, 2.05) is 4.68 Å². The van der Waals surface area contributed by atoms with E-state index in [4.69, 9.17) is 0 Å². The van der Waals surface area contributed by atoms with Crippen molar-refractivity contribution in [2.75, 3.05) is 6.54 Å². The Hall–Kier alpha value is -1.61. The SMILES string of the molecule is CCNC(Cc1ccn(C(C)C)n1)C(C)c1ccccc1. The van der Waals surface area contributed by atoms with Crippen LogP contribution in [0.1, 0.15) is 50.9 Å². The van der Waals surface area contributed by atoms with Crippen LogP contribution in [0.25, 0.3) is 0 Å². The fourth-order valence-corrected chi connectivity index (χ4v) is 2.68. The summed E-state index contributed by atoms with van der Waals surface area (Å²) in [4.78, 5) is 0. The first kappa shape index (κ1) is 15.8. The summed E-state index contributed by atoms with van der Waals surface area (Å²) in [5.74, 6) is 0.468. The third-order valence-electron chi connectivity index (χ3n) is 4.02. The summed E-state index contributed by atoms with van der Waals surface area (Å²) in [5, 5.41) is 8.30. The second-order valence-corrected chi connectivity index (χ2v) is 5.95. The zero-order valence-electron chi connectivity index (χ0n) is 13.6. The lowest BCUT2D eigenvalue weighted by molar-refractivity contribution is 0.447. The predicted molar refractivity (Wildman–Crippen MR) is 88.6 cm³/mol. The number of hydrogen-bond acceptors (Lipinski definition) is 2. The number of nitrogens with zero attached hydrogens (tertiary/aromatic N) is 2. The molecule has 2 unspecified atom stereocenters. The normalized spacial score (nSPS) is 14.3. The molecule has 2 rings (SSSR count). The van der Waals surface area contributed by atoms with E-state index < -0.39 is 0 Å². The number of likely N-dealkylation sites (N-methyl/N-ethyl adjacent to an activating group) is 1. The molecule has 0 aliphatic heterocycles. The van der Waals surface area contributed by atoms with Gasteiger partial charge in [-0.2, -0.15) is 5.10 Å². The second-order valence-electron chi connectivity index (χ2n) is 5.95. The molecular weight excluding hydrogens is 258 g/mol. The van der Waals surface area contributed by atoms with Crippen LogP contribution in [-0.4, -0.2) is 22.4 Å².